The first-order valence-corrected chi connectivity index (χ1v) is 10.7. The summed E-state index contributed by atoms with van der Waals surface area (Å²) in [6.07, 6.45) is 6.97. The first-order chi connectivity index (χ1) is 7.80. The van der Waals surface area contributed by atoms with Crippen molar-refractivity contribution in [3.63, 3.8) is 0 Å². The lowest BCUT2D eigenvalue weighted by Crippen LogP contribution is -2.31. The average molecular weight is 293 g/mol. The van der Waals surface area contributed by atoms with Crippen molar-refractivity contribution in [3.05, 3.63) is 10.6 Å². The van der Waals surface area contributed by atoms with Crippen LogP contribution >= 0.6 is 23.2 Å². The number of halogens is 2. The predicted octanol–water partition coefficient (Wildman–Crippen LogP) is 5.16. The lowest BCUT2D eigenvalue weighted by molar-refractivity contribution is -0.124. The number of ketones is 1. The van der Waals surface area contributed by atoms with Crippen LogP contribution in [-0.2, 0) is 4.79 Å². The molecule has 2 atom stereocenters. The Kier molecular flexibility index (Phi) is 5.74. The molecular formula is C13H22Cl2OSi. The summed E-state index contributed by atoms with van der Waals surface area (Å²) < 4.78 is 0.348. The third-order valence-electron chi connectivity index (χ3n) is 3.66. The standard InChI is InChI=1S/C13H22Cl2OSi/c1-17(2,3)11(9-13(14)15)8-10-6-4-5-7-12(10)16/h9-11H,4-8H2,1-3H3. The van der Waals surface area contributed by atoms with Crippen LogP contribution in [0.2, 0.25) is 25.2 Å². The number of carbonyl (C=O) groups is 1. The van der Waals surface area contributed by atoms with Gasteiger partial charge >= 0.3 is 0 Å². The van der Waals surface area contributed by atoms with E-state index < -0.39 is 8.07 Å². The van der Waals surface area contributed by atoms with Crippen molar-refractivity contribution in [2.24, 2.45) is 5.92 Å². The number of hydrogen-bond donors (Lipinski definition) is 0. The minimum absolute atomic E-state index is 0.240. The molecule has 0 heterocycles. The van der Waals surface area contributed by atoms with E-state index in [-0.39, 0.29) is 5.92 Å². The van der Waals surface area contributed by atoms with Gasteiger partial charge in [-0.2, -0.15) is 0 Å². The molecule has 0 amide bonds. The fourth-order valence-corrected chi connectivity index (χ4v) is 4.61. The molecule has 0 aromatic carbocycles. The maximum absolute atomic E-state index is 11.9. The van der Waals surface area contributed by atoms with Crippen LogP contribution < -0.4 is 0 Å². The molecule has 0 aromatic heterocycles. The lowest BCUT2D eigenvalue weighted by atomic mass is 9.85. The molecule has 1 rings (SSSR count). The van der Waals surface area contributed by atoms with Crippen molar-refractivity contribution < 1.29 is 4.79 Å². The van der Waals surface area contributed by atoms with Crippen LogP contribution in [0.1, 0.15) is 32.1 Å². The van der Waals surface area contributed by atoms with Crippen molar-refractivity contribution in [2.45, 2.75) is 57.3 Å². The molecule has 98 valence electrons. The molecule has 0 saturated heterocycles. The van der Waals surface area contributed by atoms with Gasteiger partial charge in [0.05, 0.1) is 8.07 Å². The largest absolute Gasteiger partial charge is 0.299 e. The molecule has 0 aromatic rings. The van der Waals surface area contributed by atoms with E-state index in [0.717, 1.165) is 25.7 Å². The van der Waals surface area contributed by atoms with Gasteiger partial charge in [0.2, 0.25) is 0 Å². The molecule has 1 saturated carbocycles. The van der Waals surface area contributed by atoms with Gasteiger partial charge < -0.3 is 0 Å². The van der Waals surface area contributed by atoms with Gasteiger partial charge in [-0.25, -0.2) is 0 Å². The van der Waals surface area contributed by atoms with Crippen molar-refractivity contribution in [1.82, 2.24) is 0 Å². The Morgan fingerprint density at radius 1 is 1.41 bits per heavy atom. The number of hydrogen-bond acceptors (Lipinski definition) is 1. The topological polar surface area (TPSA) is 17.1 Å². The lowest BCUT2D eigenvalue weighted by Gasteiger charge is -2.31. The summed E-state index contributed by atoms with van der Waals surface area (Å²) in [4.78, 5) is 11.9. The Balaban J connectivity index is 2.72. The van der Waals surface area contributed by atoms with E-state index in [4.69, 9.17) is 23.2 Å². The molecule has 1 aliphatic rings. The number of carbonyl (C=O) groups excluding carboxylic acids is 1. The monoisotopic (exact) mass is 292 g/mol. The molecule has 4 heteroatoms. The van der Waals surface area contributed by atoms with E-state index in [0.29, 0.717) is 15.8 Å². The van der Waals surface area contributed by atoms with Crippen molar-refractivity contribution in [3.8, 4) is 0 Å². The molecule has 0 bridgehead atoms. The zero-order chi connectivity index (χ0) is 13.1. The first-order valence-electron chi connectivity index (χ1n) is 6.36. The third-order valence-corrected chi connectivity index (χ3v) is 6.54. The maximum atomic E-state index is 11.9. The second kappa shape index (κ2) is 6.40. The van der Waals surface area contributed by atoms with Gasteiger partial charge in [0.1, 0.15) is 10.3 Å². The van der Waals surface area contributed by atoms with Crippen LogP contribution in [0.25, 0.3) is 0 Å². The molecule has 0 spiro atoms. The normalized spacial score (nSPS) is 23.4. The van der Waals surface area contributed by atoms with Crippen LogP contribution in [0, 0.1) is 5.92 Å². The Hall–Kier alpha value is 0.207. The summed E-state index contributed by atoms with van der Waals surface area (Å²) >= 11 is 11.6. The number of allylic oxidation sites excluding steroid dienone is 1. The number of rotatable bonds is 4. The molecule has 1 nitrogen and oxygen atoms in total. The minimum Gasteiger partial charge on any atom is -0.299 e. The van der Waals surface area contributed by atoms with E-state index in [1.807, 2.05) is 6.08 Å². The molecule has 0 aliphatic heterocycles. The Morgan fingerprint density at radius 2 is 2.06 bits per heavy atom. The van der Waals surface area contributed by atoms with Crippen molar-refractivity contribution in [1.29, 1.82) is 0 Å². The van der Waals surface area contributed by atoms with Crippen LogP contribution in [0.4, 0.5) is 0 Å². The minimum atomic E-state index is -1.36. The van der Waals surface area contributed by atoms with Crippen LogP contribution in [0.5, 0.6) is 0 Å². The molecule has 17 heavy (non-hydrogen) atoms. The van der Waals surface area contributed by atoms with E-state index >= 15 is 0 Å². The van der Waals surface area contributed by atoms with Gasteiger partial charge in [-0.1, -0.05) is 55.3 Å². The summed E-state index contributed by atoms with van der Waals surface area (Å²) in [5, 5.41) is 0. The Morgan fingerprint density at radius 3 is 2.53 bits per heavy atom. The number of Topliss-reactive ketones (excluding diaryl/α,β-unsaturated/α-hetero) is 1. The predicted molar refractivity (Wildman–Crippen MR) is 78.5 cm³/mol. The fourth-order valence-electron chi connectivity index (χ4n) is 2.43. The SMILES string of the molecule is C[Si](C)(C)C(C=C(Cl)Cl)CC1CCCCC1=O. The average Bonchev–Trinajstić information content (AvgIpc) is 2.18. The molecule has 0 N–H and O–H groups in total. The highest BCUT2D eigenvalue weighted by Crippen LogP contribution is 2.36. The summed E-state index contributed by atoms with van der Waals surface area (Å²) in [6.45, 7) is 6.91. The summed E-state index contributed by atoms with van der Waals surface area (Å²) in [7, 11) is -1.36. The van der Waals surface area contributed by atoms with Gasteiger partial charge in [-0.3, -0.25) is 4.79 Å². The van der Waals surface area contributed by atoms with Gasteiger partial charge in [0.15, 0.2) is 0 Å². The highest BCUT2D eigenvalue weighted by Gasteiger charge is 2.31. The van der Waals surface area contributed by atoms with Gasteiger partial charge in [0.25, 0.3) is 0 Å². The summed E-state index contributed by atoms with van der Waals surface area (Å²) in [6, 6.07) is 0. The van der Waals surface area contributed by atoms with E-state index in [9.17, 15) is 4.79 Å². The van der Waals surface area contributed by atoms with Crippen LogP contribution in [-0.4, -0.2) is 13.9 Å². The van der Waals surface area contributed by atoms with Crippen molar-refractivity contribution >= 4 is 37.1 Å². The summed E-state index contributed by atoms with van der Waals surface area (Å²) in [5.41, 5.74) is 0.402. The van der Waals surface area contributed by atoms with Crippen molar-refractivity contribution in [2.75, 3.05) is 0 Å². The molecule has 0 radical (unpaired) electrons. The highest BCUT2D eigenvalue weighted by atomic mass is 35.5. The smallest absolute Gasteiger partial charge is 0.135 e. The molecule has 2 unspecified atom stereocenters. The molecule has 1 fully saturated rings. The van der Waals surface area contributed by atoms with Gasteiger partial charge in [-0.15, -0.1) is 0 Å². The van der Waals surface area contributed by atoms with Crippen LogP contribution in [0.3, 0.4) is 0 Å². The zero-order valence-corrected chi connectivity index (χ0v) is 13.4. The van der Waals surface area contributed by atoms with Crippen LogP contribution in [0.15, 0.2) is 10.6 Å². The zero-order valence-electron chi connectivity index (χ0n) is 10.9. The highest BCUT2D eigenvalue weighted by molar-refractivity contribution is 6.78. The third kappa shape index (κ3) is 5.15. The maximum Gasteiger partial charge on any atom is 0.135 e. The first kappa shape index (κ1) is 15.3. The Labute approximate surface area is 116 Å². The van der Waals surface area contributed by atoms with Gasteiger partial charge in [0, 0.05) is 12.3 Å². The molecule has 1 aliphatic carbocycles. The van der Waals surface area contributed by atoms with E-state index in [1.165, 1.54) is 6.42 Å². The second-order valence-electron chi connectivity index (χ2n) is 6.07. The fraction of sp³-hybridized carbons (Fsp3) is 0.769. The second-order valence-corrected chi connectivity index (χ2v) is 12.6. The quantitative estimate of drug-likeness (QED) is 0.654. The van der Waals surface area contributed by atoms with Gasteiger partial charge in [-0.05, 0) is 24.8 Å². The van der Waals surface area contributed by atoms with E-state index in [1.54, 1.807) is 0 Å². The summed E-state index contributed by atoms with van der Waals surface area (Å²) in [5.74, 6) is 0.683. The van der Waals surface area contributed by atoms with E-state index in [2.05, 4.69) is 19.6 Å². The molecular weight excluding hydrogens is 271 g/mol. The Bertz CT molecular complexity index is 303.